The van der Waals surface area contributed by atoms with Crippen LogP contribution in [0.1, 0.15) is 0 Å². The second-order valence-corrected chi connectivity index (χ2v) is 7.41. The van der Waals surface area contributed by atoms with Gasteiger partial charge in [-0.1, -0.05) is 12.1 Å². The molecule has 0 aliphatic carbocycles. The van der Waals surface area contributed by atoms with Gasteiger partial charge < -0.3 is 64.7 Å². The molecular weight excluding hydrogens is 891 g/mol. The van der Waals surface area contributed by atoms with Gasteiger partial charge in [-0.3, -0.25) is 12.4 Å². The topological polar surface area (TPSA) is 79.9 Å². The number of nitrogens with zero attached hydrogens (tertiary/aromatic N) is 6. The van der Waals surface area contributed by atoms with E-state index in [0.29, 0.717) is 34.4 Å². The summed E-state index contributed by atoms with van der Waals surface area (Å²) in [6, 6.07) is 28.6. The van der Waals surface area contributed by atoms with Crippen LogP contribution >= 0.6 is 0 Å². The van der Waals surface area contributed by atoms with Crippen LogP contribution in [0.25, 0.3) is 11.1 Å². The summed E-state index contributed by atoms with van der Waals surface area (Å²) in [6.45, 7) is 0. The quantitative estimate of drug-likeness (QED) is 0.169. The molecule has 214 valence electrons. The molecule has 0 bridgehead atoms. The third-order valence-electron chi connectivity index (χ3n) is 4.63. The fraction of sp³-hybridized carbons (Fsp3) is 0. The van der Waals surface area contributed by atoms with Gasteiger partial charge in [0.05, 0.1) is 0 Å². The van der Waals surface area contributed by atoms with Crippen LogP contribution in [0.15, 0.2) is 110 Å². The molecule has 0 aliphatic heterocycles. The minimum atomic E-state index is 0. The Hall–Kier alpha value is -4.74. The van der Waals surface area contributed by atoms with Crippen molar-refractivity contribution in [1.82, 2.24) is 29.1 Å². The summed E-state index contributed by atoms with van der Waals surface area (Å²) >= 11 is 0. The first-order valence-electron chi connectivity index (χ1n) is 11.6. The molecule has 6 rings (SSSR count). The smallest absolute Gasteiger partial charge is 0.215 e. The zero-order valence-corrected chi connectivity index (χ0v) is 26.1. The molecule has 0 aromatic carbocycles. The molecule has 0 spiro atoms. The Morgan fingerprint density at radius 2 is 1.00 bits per heavy atom. The van der Waals surface area contributed by atoms with E-state index in [1.165, 1.54) is 12.4 Å². The maximum Gasteiger partial charge on any atom is 0.215 e. The van der Waals surface area contributed by atoms with Gasteiger partial charge in [0.2, 0.25) is 11.8 Å². The molecule has 0 atom stereocenters. The summed E-state index contributed by atoms with van der Waals surface area (Å²) in [5.41, 5.74) is 0.995. The van der Waals surface area contributed by atoms with Crippen molar-refractivity contribution in [3.05, 3.63) is 148 Å². The molecule has 0 saturated carbocycles. The monoisotopic (exact) mass is 908 g/mol. The predicted octanol–water partition coefficient (Wildman–Crippen LogP) is 5.48. The van der Waals surface area contributed by atoms with Crippen LogP contribution in [0, 0.1) is 49.5 Å². The Labute approximate surface area is 273 Å². The van der Waals surface area contributed by atoms with Gasteiger partial charge in [0.15, 0.2) is 0 Å². The third-order valence-corrected chi connectivity index (χ3v) is 4.63. The van der Waals surface area contributed by atoms with Crippen molar-refractivity contribution < 1.29 is 51.6 Å². The van der Waals surface area contributed by atoms with E-state index in [4.69, 9.17) is 22.3 Å². The van der Waals surface area contributed by atoms with Crippen molar-refractivity contribution >= 4 is 0 Å². The molecule has 10 heteroatoms. The summed E-state index contributed by atoms with van der Waals surface area (Å²) in [4.78, 5) is 16.3. The first-order chi connectivity index (χ1) is 19.7. The molecule has 6 heterocycles. The third kappa shape index (κ3) is 11.0. The fourth-order valence-electron chi connectivity index (χ4n) is 2.88. The van der Waals surface area contributed by atoms with E-state index < -0.39 is 0 Å². The number of hydrogen-bond acceptors (Lipinski definition) is 6. The molecule has 0 radical (unpaired) electrons. The van der Waals surface area contributed by atoms with Crippen molar-refractivity contribution in [2.24, 2.45) is 0 Å². The summed E-state index contributed by atoms with van der Waals surface area (Å²) in [7, 11) is 0. The van der Waals surface area contributed by atoms with Gasteiger partial charge in [-0.15, -0.1) is 12.4 Å². The van der Waals surface area contributed by atoms with Crippen molar-refractivity contribution in [3.8, 4) is 46.5 Å². The Kier molecular flexibility index (Phi) is 14.8. The summed E-state index contributed by atoms with van der Waals surface area (Å²) in [5, 5.41) is 0. The van der Waals surface area contributed by atoms with Crippen LogP contribution in [0.2, 0.25) is 0 Å². The summed E-state index contributed by atoms with van der Waals surface area (Å²) < 4.78 is 14.3. The zero-order chi connectivity index (χ0) is 27.8. The van der Waals surface area contributed by atoms with Gasteiger partial charge in [-0.2, -0.15) is 0 Å². The van der Waals surface area contributed by atoms with Gasteiger partial charge in [-0.25, -0.2) is 22.1 Å². The minimum Gasteiger partial charge on any atom is -0.669 e. The van der Waals surface area contributed by atoms with E-state index in [9.17, 15) is 0 Å². The molecule has 0 amide bonds. The maximum atomic E-state index is 6.57. The molecule has 0 unspecified atom stereocenters. The summed E-state index contributed by atoms with van der Waals surface area (Å²) in [5.74, 6) is 1.69. The molecule has 0 N–H and O–H groups in total. The van der Waals surface area contributed by atoms with Crippen molar-refractivity contribution in [2.75, 3.05) is 0 Å². The second kappa shape index (κ2) is 18.6. The van der Waals surface area contributed by atoms with Gasteiger partial charge in [0.1, 0.15) is 0 Å². The van der Waals surface area contributed by atoms with Crippen LogP contribution in [-0.2, 0) is 42.1 Å². The second-order valence-electron chi connectivity index (χ2n) is 7.41. The molecular formula is C32H18N6O2Pt2-6. The van der Waals surface area contributed by atoms with Crippen LogP contribution in [0.4, 0.5) is 0 Å². The van der Waals surface area contributed by atoms with E-state index in [0.717, 1.165) is 0 Å². The van der Waals surface area contributed by atoms with Crippen molar-refractivity contribution in [1.29, 1.82) is 0 Å². The Balaban J connectivity index is 0.000000317. The number of hydrogen-bond donors (Lipinski definition) is 0. The average molecular weight is 909 g/mol. The van der Waals surface area contributed by atoms with E-state index in [1.54, 1.807) is 58.4 Å². The number of ether oxygens (including phenoxy) is 2. The first-order valence-corrected chi connectivity index (χ1v) is 11.6. The first kappa shape index (κ1) is 33.5. The average Bonchev–Trinajstić information content (AvgIpc) is 3.74. The molecule has 6 aromatic heterocycles. The van der Waals surface area contributed by atoms with Gasteiger partial charge in [0.25, 0.3) is 0 Å². The number of aromatic nitrogens is 6. The number of pyridine rings is 4. The van der Waals surface area contributed by atoms with Gasteiger partial charge >= 0.3 is 0 Å². The fourth-order valence-corrected chi connectivity index (χ4v) is 2.88. The standard InChI is InChI=1S/C20H10N4O2.2C6H4N.2Pt/c1-3-7-23-19(5-1)25-17-9-15(11-21-13-17)16-10-18(14-22-12-16)26-20-6-2-4-8-24-20;2*1-2-7-5-3-4-6-7;;/h1-8,13-14H;2*3-6H;;/q-4;2*-1;;. The predicted molar refractivity (Wildman–Crippen MR) is 145 cm³/mol. The van der Waals surface area contributed by atoms with E-state index in [1.807, 2.05) is 48.5 Å². The largest absolute Gasteiger partial charge is 0.669 e. The molecule has 0 saturated heterocycles. The molecule has 42 heavy (non-hydrogen) atoms. The Morgan fingerprint density at radius 1 is 0.595 bits per heavy atom. The molecule has 0 fully saturated rings. The SMILES string of the molecule is [C-]#Cn1cccc1.[C-]#Cn1cccc1.[Pt].[Pt].[c-]1ncc(Oc2ccccn2)[c-]c1-c1[c-]ncc(Oc2ccccn2)[c-]1. The molecule has 8 nitrogen and oxygen atoms in total. The Morgan fingerprint density at radius 3 is 1.31 bits per heavy atom. The Bertz CT molecular complexity index is 1540. The number of rotatable bonds is 5. The van der Waals surface area contributed by atoms with E-state index in [2.05, 4.69) is 56.6 Å². The molecule has 6 aromatic rings. The normalized spacial score (nSPS) is 9.00. The van der Waals surface area contributed by atoms with Crippen LogP contribution in [0.3, 0.4) is 0 Å². The van der Waals surface area contributed by atoms with Crippen molar-refractivity contribution in [3.63, 3.8) is 0 Å². The van der Waals surface area contributed by atoms with Gasteiger partial charge in [0, 0.05) is 91.4 Å². The van der Waals surface area contributed by atoms with Crippen LogP contribution in [-0.4, -0.2) is 29.1 Å². The summed E-state index contributed by atoms with van der Waals surface area (Å²) in [6.07, 6.45) is 32.1. The molecule has 0 aliphatic rings. The zero-order valence-electron chi connectivity index (χ0n) is 21.5. The van der Waals surface area contributed by atoms with E-state index >= 15 is 0 Å². The maximum absolute atomic E-state index is 6.57. The van der Waals surface area contributed by atoms with Gasteiger partial charge in [-0.05, 0) is 47.9 Å². The minimum absolute atomic E-state index is 0. The van der Waals surface area contributed by atoms with Crippen molar-refractivity contribution in [2.45, 2.75) is 0 Å². The van der Waals surface area contributed by atoms with Crippen LogP contribution < -0.4 is 9.47 Å². The van der Waals surface area contributed by atoms with Crippen LogP contribution in [0.5, 0.6) is 23.3 Å². The van der Waals surface area contributed by atoms with E-state index in [-0.39, 0.29) is 42.1 Å².